The molecule has 0 spiro atoms. The summed E-state index contributed by atoms with van der Waals surface area (Å²) < 4.78 is 5.18. The third-order valence-corrected chi connectivity index (χ3v) is 3.96. The van der Waals surface area contributed by atoms with E-state index in [1.165, 1.54) is 37.8 Å². The van der Waals surface area contributed by atoms with Gasteiger partial charge in [-0.05, 0) is 32.7 Å². The quantitative estimate of drug-likeness (QED) is 0.553. The van der Waals surface area contributed by atoms with Gasteiger partial charge in [0.1, 0.15) is 0 Å². The number of hydrogen-bond acceptors (Lipinski definition) is 2. The van der Waals surface area contributed by atoms with E-state index >= 15 is 0 Å². The number of ether oxygens (including phenoxy) is 1. The average Bonchev–Trinajstić information content (AvgIpc) is 3.15. The highest BCUT2D eigenvalue weighted by molar-refractivity contribution is 5.18. The lowest BCUT2D eigenvalue weighted by Gasteiger charge is -2.24. The molecule has 1 aliphatic carbocycles. The molecule has 1 rings (SSSR count). The first-order valence-electron chi connectivity index (χ1n) is 7.72. The van der Waals surface area contributed by atoms with Crippen molar-refractivity contribution in [1.29, 1.82) is 0 Å². The fraction of sp³-hybridized carbons (Fsp3) is 0.765. The number of rotatable bonds is 10. The second-order valence-electron chi connectivity index (χ2n) is 5.85. The second kappa shape index (κ2) is 8.55. The van der Waals surface area contributed by atoms with Crippen LogP contribution in [0, 0.1) is 5.41 Å². The molecule has 110 valence electrons. The Balaban J connectivity index is 2.43. The van der Waals surface area contributed by atoms with Gasteiger partial charge < -0.3 is 9.64 Å². The van der Waals surface area contributed by atoms with Gasteiger partial charge in [-0.2, -0.15) is 0 Å². The van der Waals surface area contributed by atoms with Crippen LogP contribution >= 0.6 is 0 Å². The lowest BCUT2D eigenvalue weighted by atomic mass is 10.0. The molecule has 0 N–H and O–H groups in total. The summed E-state index contributed by atoms with van der Waals surface area (Å²) in [6.07, 6.45) is 12.1. The summed E-state index contributed by atoms with van der Waals surface area (Å²) in [6.45, 7) is 10.9. The molecule has 0 heterocycles. The van der Waals surface area contributed by atoms with Crippen LogP contribution in [-0.2, 0) is 4.74 Å². The van der Waals surface area contributed by atoms with Crippen molar-refractivity contribution in [3.8, 4) is 0 Å². The highest BCUT2D eigenvalue weighted by Gasteiger charge is 2.40. The lowest BCUT2D eigenvalue weighted by molar-refractivity contribution is 0.142. The van der Waals surface area contributed by atoms with E-state index in [1.807, 2.05) is 0 Å². The molecular weight excluding hydrogens is 234 g/mol. The predicted molar refractivity (Wildman–Crippen MR) is 83.5 cm³/mol. The molecule has 1 aliphatic rings. The lowest BCUT2D eigenvalue weighted by Crippen LogP contribution is -2.32. The van der Waals surface area contributed by atoms with Crippen LogP contribution < -0.4 is 0 Å². The maximum atomic E-state index is 5.18. The number of hydrogen-bond donors (Lipinski definition) is 0. The van der Waals surface area contributed by atoms with Crippen LogP contribution in [0.5, 0.6) is 0 Å². The average molecular weight is 265 g/mol. The van der Waals surface area contributed by atoms with Crippen LogP contribution in [0.25, 0.3) is 0 Å². The first-order valence-corrected chi connectivity index (χ1v) is 7.72. The smallest absolute Gasteiger partial charge is 0.0589 e. The molecule has 19 heavy (non-hydrogen) atoms. The molecule has 0 bridgehead atoms. The summed E-state index contributed by atoms with van der Waals surface area (Å²) in [5.74, 6) is 0. The van der Waals surface area contributed by atoms with Crippen molar-refractivity contribution in [1.82, 2.24) is 4.90 Å². The van der Waals surface area contributed by atoms with Crippen molar-refractivity contribution in [2.75, 3.05) is 33.4 Å². The maximum absolute atomic E-state index is 5.18. The van der Waals surface area contributed by atoms with E-state index in [1.54, 1.807) is 7.11 Å². The van der Waals surface area contributed by atoms with E-state index in [4.69, 9.17) is 4.74 Å². The zero-order valence-electron chi connectivity index (χ0n) is 13.2. The van der Waals surface area contributed by atoms with Gasteiger partial charge in [0, 0.05) is 25.6 Å². The molecule has 2 nitrogen and oxygen atoms in total. The monoisotopic (exact) mass is 265 g/mol. The molecule has 0 aliphatic heterocycles. The Kier molecular flexibility index (Phi) is 7.40. The van der Waals surface area contributed by atoms with E-state index in [2.05, 4.69) is 43.9 Å². The van der Waals surface area contributed by atoms with Gasteiger partial charge in [0.25, 0.3) is 0 Å². The zero-order valence-corrected chi connectivity index (χ0v) is 13.2. The largest absolute Gasteiger partial charge is 0.383 e. The SMILES string of the molecule is CCCC(C)=CC=CC1(CN(CC)CCOC)CC1. The number of nitrogens with zero attached hydrogens (tertiary/aromatic N) is 1. The van der Waals surface area contributed by atoms with Crippen LogP contribution in [0.15, 0.2) is 23.8 Å². The molecule has 0 unspecified atom stereocenters. The number of likely N-dealkylation sites (N-methyl/N-ethyl adjacent to an activating group) is 1. The van der Waals surface area contributed by atoms with Crippen LogP contribution in [0.3, 0.4) is 0 Å². The minimum absolute atomic E-state index is 0.451. The van der Waals surface area contributed by atoms with Gasteiger partial charge in [0.15, 0.2) is 0 Å². The zero-order chi connectivity index (χ0) is 14.1. The highest BCUT2D eigenvalue weighted by atomic mass is 16.5. The van der Waals surface area contributed by atoms with Crippen molar-refractivity contribution in [2.45, 2.75) is 46.5 Å². The number of allylic oxidation sites excluding steroid dienone is 3. The summed E-state index contributed by atoms with van der Waals surface area (Å²) in [5, 5.41) is 0. The molecule has 0 amide bonds. The maximum Gasteiger partial charge on any atom is 0.0589 e. The summed E-state index contributed by atoms with van der Waals surface area (Å²) >= 11 is 0. The first-order chi connectivity index (χ1) is 9.15. The first kappa shape index (κ1) is 16.5. The van der Waals surface area contributed by atoms with E-state index in [0.717, 1.165) is 19.7 Å². The minimum Gasteiger partial charge on any atom is -0.383 e. The van der Waals surface area contributed by atoms with Gasteiger partial charge in [0.2, 0.25) is 0 Å². The van der Waals surface area contributed by atoms with Crippen molar-refractivity contribution in [2.24, 2.45) is 5.41 Å². The molecule has 0 aromatic heterocycles. The van der Waals surface area contributed by atoms with Crippen molar-refractivity contribution < 1.29 is 4.74 Å². The molecule has 2 heteroatoms. The van der Waals surface area contributed by atoms with Crippen LogP contribution in [0.4, 0.5) is 0 Å². The van der Waals surface area contributed by atoms with Crippen molar-refractivity contribution >= 4 is 0 Å². The Labute approximate surface area is 119 Å². The Hall–Kier alpha value is -0.600. The van der Waals surface area contributed by atoms with Crippen molar-refractivity contribution in [3.63, 3.8) is 0 Å². The van der Waals surface area contributed by atoms with Gasteiger partial charge in [-0.1, -0.05) is 44.1 Å². The van der Waals surface area contributed by atoms with Gasteiger partial charge in [-0.3, -0.25) is 0 Å². The van der Waals surface area contributed by atoms with Gasteiger partial charge in [-0.25, -0.2) is 0 Å². The van der Waals surface area contributed by atoms with E-state index in [9.17, 15) is 0 Å². The van der Waals surface area contributed by atoms with Gasteiger partial charge in [-0.15, -0.1) is 0 Å². The fourth-order valence-corrected chi connectivity index (χ4v) is 2.45. The molecular formula is C17H31NO. The minimum atomic E-state index is 0.451. The molecule has 1 fully saturated rings. The topological polar surface area (TPSA) is 12.5 Å². The molecule has 0 aromatic rings. The predicted octanol–water partition coefficient (Wildman–Crippen LogP) is 4.04. The molecule has 0 atom stereocenters. The third kappa shape index (κ3) is 6.40. The van der Waals surface area contributed by atoms with Crippen LogP contribution in [0.2, 0.25) is 0 Å². The Morgan fingerprint density at radius 1 is 1.32 bits per heavy atom. The second-order valence-corrected chi connectivity index (χ2v) is 5.85. The van der Waals surface area contributed by atoms with Crippen LogP contribution in [-0.4, -0.2) is 38.3 Å². The molecule has 1 saturated carbocycles. The Bertz CT molecular complexity index is 302. The third-order valence-electron chi connectivity index (χ3n) is 3.96. The highest BCUT2D eigenvalue weighted by Crippen LogP contribution is 2.47. The molecule has 0 radical (unpaired) electrons. The van der Waals surface area contributed by atoms with Crippen molar-refractivity contribution in [3.05, 3.63) is 23.8 Å². The van der Waals surface area contributed by atoms with Gasteiger partial charge in [0.05, 0.1) is 6.61 Å². The van der Waals surface area contributed by atoms with Gasteiger partial charge >= 0.3 is 0 Å². The molecule has 0 saturated heterocycles. The van der Waals surface area contributed by atoms with E-state index in [-0.39, 0.29) is 0 Å². The fourth-order valence-electron chi connectivity index (χ4n) is 2.45. The Morgan fingerprint density at radius 2 is 2.05 bits per heavy atom. The summed E-state index contributed by atoms with van der Waals surface area (Å²) in [6, 6.07) is 0. The Morgan fingerprint density at radius 3 is 2.58 bits per heavy atom. The van der Waals surface area contributed by atoms with E-state index in [0.29, 0.717) is 5.41 Å². The van der Waals surface area contributed by atoms with Crippen LogP contribution in [0.1, 0.15) is 46.5 Å². The van der Waals surface area contributed by atoms with E-state index < -0.39 is 0 Å². The summed E-state index contributed by atoms with van der Waals surface area (Å²) in [4.78, 5) is 2.50. The summed E-state index contributed by atoms with van der Waals surface area (Å²) in [7, 11) is 1.78. The number of methoxy groups -OCH3 is 1. The summed E-state index contributed by atoms with van der Waals surface area (Å²) in [5.41, 5.74) is 1.94. The standard InChI is InChI=1S/C17H31NO/c1-5-8-16(3)9-7-10-17(11-12-17)15-18(6-2)13-14-19-4/h7,9-10H,5-6,8,11-15H2,1-4H3. The normalized spacial score (nSPS) is 18.5. The molecule has 0 aromatic carbocycles.